The van der Waals surface area contributed by atoms with Crippen molar-refractivity contribution in [2.45, 2.75) is 6.54 Å². The Labute approximate surface area is 135 Å². The average Bonchev–Trinajstić information content (AvgIpc) is 2.50. The standard InChI is InChI=1S/C16H12BrClN2O/c17-13-7-11(18)5-6-15(13)21-16-10(8-19)9-20-14-4-2-1-3-12(14)16/h1-7,9H,8,19H2. The Kier molecular flexibility index (Phi) is 4.10. The van der Waals surface area contributed by atoms with E-state index >= 15 is 0 Å². The smallest absolute Gasteiger partial charge is 0.142 e. The normalized spacial score (nSPS) is 10.8. The second-order valence-electron chi connectivity index (χ2n) is 4.51. The number of ether oxygens (including phenoxy) is 1. The number of halogens is 2. The van der Waals surface area contributed by atoms with Crippen LogP contribution in [0.5, 0.6) is 11.5 Å². The fraction of sp³-hybridized carbons (Fsp3) is 0.0625. The van der Waals surface area contributed by atoms with Gasteiger partial charge >= 0.3 is 0 Å². The first-order valence-electron chi connectivity index (χ1n) is 6.38. The number of aromatic nitrogens is 1. The van der Waals surface area contributed by atoms with Gasteiger partial charge in [-0.3, -0.25) is 4.98 Å². The number of benzene rings is 2. The van der Waals surface area contributed by atoms with Crippen molar-refractivity contribution in [3.63, 3.8) is 0 Å². The number of hydrogen-bond acceptors (Lipinski definition) is 3. The van der Waals surface area contributed by atoms with Gasteiger partial charge in [0, 0.05) is 28.7 Å². The van der Waals surface area contributed by atoms with Crippen molar-refractivity contribution in [3.05, 3.63) is 63.7 Å². The van der Waals surface area contributed by atoms with Crippen LogP contribution in [0.15, 0.2) is 53.1 Å². The fourth-order valence-corrected chi connectivity index (χ4v) is 2.85. The van der Waals surface area contributed by atoms with E-state index in [1.54, 1.807) is 18.3 Å². The summed E-state index contributed by atoms with van der Waals surface area (Å²) >= 11 is 9.42. The molecule has 0 unspecified atom stereocenters. The molecule has 0 aliphatic rings. The van der Waals surface area contributed by atoms with Crippen LogP contribution >= 0.6 is 27.5 Å². The predicted molar refractivity (Wildman–Crippen MR) is 88.9 cm³/mol. The molecule has 2 aromatic carbocycles. The molecule has 0 fully saturated rings. The molecule has 5 heteroatoms. The molecule has 3 aromatic rings. The maximum Gasteiger partial charge on any atom is 0.142 e. The molecular weight excluding hydrogens is 352 g/mol. The minimum absolute atomic E-state index is 0.360. The van der Waals surface area contributed by atoms with Crippen molar-refractivity contribution in [3.8, 4) is 11.5 Å². The molecule has 1 heterocycles. The lowest BCUT2D eigenvalue weighted by Crippen LogP contribution is -2.01. The number of nitrogens with two attached hydrogens (primary N) is 1. The van der Waals surface area contributed by atoms with Gasteiger partial charge in [-0.15, -0.1) is 0 Å². The van der Waals surface area contributed by atoms with Crippen molar-refractivity contribution in [1.82, 2.24) is 4.98 Å². The molecule has 0 saturated carbocycles. The topological polar surface area (TPSA) is 48.1 Å². The number of para-hydroxylation sites is 1. The molecule has 0 aliphatic carbocycles. The van der Waals surface area contributed by atoms with Crippen molar-refractivity contribution >= 4 is 38.4 Å². The van der Waals surface area contributed by atoms with Gasteiger partial charge < -0.3 is 10.5 Å². The monoisotopic (exact) mass is 362 g/mol. The quantitative estimate of drug-likeness (QED) is 0.720. The number of rotatable bonds is 3. The lowest BCUT2D eigenvalue weighted by Gasteiger charge is -2.14. The summed E-state index contributed by atoms with van der Waals surface area (Å²) in [4.78, 5) is 4.40. The van der Waals surface area contributed by atoms with Gasteiger partial charge in [0.25, 0.3) is 0 Å². The summed E-state index contributed by atoms with van der Waals surface area (Å²) in [5.41, 5.74) is 7.53. The molecule has 0 aliphatic heterocycles. The molecule has 2 N–H and O–H groups in total. The first-order chi connectivity index (χ1) is 10.2. The summed E-state index contributed by atoms with van der Waals surface area (Å²) in [7, 11) is 0. The first-order valence-corrected chi connectivity index (χ1v) is 7.55. The van der Waals surface area contributed by atoms with Gasteiger partial charge in [-0.05, 0) is 46.3 Å². The van der Waals surface area contributed by atoms with E-state index in [9.17, 15) is 0 Å². The molecule has 3 rings (SSSR count). The summed E-state index contributed by atoms with van der Waals surface area (Å²) in [6.45, 7) is 0.360. The van der Waals surface area contributed by atoms with Gasteiger partial charge in [-0.25, -0.2) is 0 Å². The zero-order valence-corrected chi connectivity index (χ0v) is 13.4. The Hall–Kier alpha value is -1.62. The van der Waals surface area contributed by atoms with Crippen LogP contribution in [-0.2, 0) is 6.54 Å². The molecular formula is C16H12BrClN2O. The zero-order chi connectivity index (χ0) is 14.8. The Morgan fingerprint density at radius 1 is 1.19 bits per heavy atom. The van der Waals surface area contributed by atoms with Crippen molar-refractivity contribution in [2.75, 3.05) is 0 Å². The third kappa shape index (κ3) is 2.88. The second kappa shape index (κ2) is 6.02. The van der Waals surface area contributed by atoms with Gasteiger partial charge in [-0.1, -0.05) is 23.7 Å². The van der Waals surface area contributed by atoms with Crippen molar-refractivity contribution in [1.29, 1.82) is 0 Å². The third-order valence-electron chi connectivity index (χ3n) is 3.13. The van der Waals surface area contributed by atoms with E-state index in [1.807, 2.05) is 30.3 Å². The SMILES string of the molecule is NCc1cnc2ccccc2c1Oc1ccc(Cl)cc1Br. The molecule has 0 saturated heterocycles. The third-order valence-corrected chi connectivity index (χ3v) is 3.98. The van der Waals surface area contributed by atoms with E-state index in [2.05, 4.69) is 20.9 Å². The molecule has 1 aromatic heterocycles. The largest absolute Gasteiger partial charge is 0.455 e. The maximum absolute atomic E-state index is 6.07. The molecule has 0 amide bonds. The maximum atomic E-state index is 6.07. The highest BCUT2D eigenvalue weighted by atomic mass is 79.9. The average molecular weight is 364 g/mol. The van der Waals surface area contributed by atoms with E-state index < -0.39 is 0 Å². The Balaban J connectivity index is 2.14. The van der Waals surface area contributed by atoms with Gasteiger partial charge in [0.1, 0.15) is 11.5 Å². The molecule has 0 spiro atoms. The lowest BCUT2D eigenvalue weighted by atomic mass is 10.1. The molecule has 0 bridgehead atoms. The van der Waals surface area contributed by atoms with Gasteiger partial charge in [0.15, 0.2) is 0 Å². The first kappa shape index (κ1) is 14.3. The molecule has 0 atom stereocenters. The van der Waals surface area contributed by atoms with Crippen LogP contribution in [0.4, 0.5) is 0 Å². The van der Waals surface area contributed by atoms with Crippen molar-refractivity contribution in [2.24, 2.45) is 5.73 Å². The number of hydrogen-bond donors (Lipinski definition) is 1. The van der Waals surface area contributed by atoms with Gasteiger partial charge in [-0.2, -0.15) is 0 Å². The highest BCUT2D eigenvalue weighted by Crippen LogP contribution is 2.36. The van der Waals surface area contributed by atoms with Crippen molar-refractivity contribution < 1.29 is 4.74 Å². The Morgan fingerprint density at radius 2 is 2.00 bits per heavy atom. The minimum atomic E-state index is 0.360. The Morgan fingerprint density at radius 3 is 2.76 bits per heavy atom. The van der Waals surface area contributed by atoms with E-state index in [1.165, 1.54) is 0 Å². The van der Waals surface area contributed by atoms with Crippen LogP contribution in [0.2, 0.25) is 5.02 Å². The second-order valence-corrected chi connectivity index (χ2v) is 5.80. The number of fused-ring (bicyclic) bond motifs is 1. The highest BCUT2D eigenvalue weighted by Gasteiger charge is 2.12. The van der Waals surface area contributed by atoms with Crippen LogP contribution in [0.25, 0.3) is 10.9 Å². The highest BCUT2D eigenvalue weighted by molar-refractivity contribution is 9.10. The molecule has 3 nitrogen and oxygen atoms in total. The van der Waals surface area contributed by atoms with Crippen LogP contribution < -0.4 is 10.5 Å². The van der Waals surface area contributed by atoms with Crippen LogP contribution in [0, 0.1) is 0 Å². The fourth-order valence-electron chi connectivity index (χ4n) is 2.09. The lowest BCUT2D eigenvalue weighted by molar-refractivity contribution is 0.478. The molecule has 0 radical (unpaired) electrons. The van der Waals surface area contributed by atoms with Crippen LogP contribution in [0.3, 0.4) is 0 Å². The number of nitrogens with zero attached hydrogens (tertiary/aromatic N) is 1. The zero-order valence-electron chi connectivity index (χ0n) is 11.0. The van der Waals surface area contributed by atoms with Gasteiger partial charge in [0.05, 0.1) is 9.99 Å². The minimum Gasteiger partial charge on any atom is -0.455 e. The Bertz CT molecular complexity index is 807. The predicted octanol–water partition coefficient (Wildman–Crippen LogP) is 4.90. The number of pyridine rings is 1. The van der Waals surface area contributed by atoms with Crippen LogP contribution in [-0.4, -0.2) is 4.98 Å². The van der Waals surface area contributed by atoms with E-state index in [0.717, 1.165) is 26.7 Å². The van der Waals surface area contributed by atoms with Gasteiger partial charge in [0.2, 0.25) is 0 Å². The van der Waals surface area contributed by atoms with E-state index in [0.29, 0.717) is 17.3 Å². The summed E-state index contributed by atoms with van der Waals surface area (Å²) < 4.78 is 6.86. The van der Waals surface area contributed by atoms with E-state index in [-0.39, 0.29) is 0 Å². The van der Waals surface area contributed by atoms with Crippen LogP contribution in [0.1, 0.15) is 5.56 Å². The summed E-state index contributed by atoms with van der Waals surface area (Å²) in [5, 5.41) is 1.58. The molecule has 106 valence electrons. The summed E-state index contributed by atoms with van der Waals surface area (Å²) in [5.74, 6) is 1.41. The summed E-state index contributed by atoms with van der Waals surface area (Å²) in [6.07, 6.45) is 1.75. The molecule has 21 heavy (non-hydrogen) atoms. The van der Waals surface area contributed by atoms with E-state index in [4.69, 9.17) is 22.1 Å². The summed E-state index contributed by atoms with van der Waals surface area (Å²) in [6, 6.07) is 13.2.